The first-order valence-electron chi connectivity index (χ1n) is 6.99. The van der Waals surface area contributed by atoms with Gasteiger partial charge in [0.1, 0.15) is 17.0 Å². The van der Waals surface area contributed by atoms with Crippen LogP contribution in [0.25, 0.3) is 0 Å². The van der Waals surface area contributed by atoms with E-state index < -0.39 is 26.4 Å². The number of benzene rings is 2. The Morgan fingerprint density at radius 2 is 1.75 bits per heavy atom. The maximum Gasteiger partial charge on any atom is 0.183 e. The van der Waals surface area contributed by atoms with Crippen molar-refractivity contribution >= 4 is 39.3 Å². The molecule has 0 aliphatic heterocycles. The van der Waals surface area contributed by atoms with Gasteiger partial charge in [-0.3, -0.25) is 0 Å². The van der Waals surface area contributed by atoms with Crippen LogP contribution < -0.4 is 0 Å². The summed E-state index contributed by atoms with van der Waals surface area (Å²) in [5, 5.41) is 9.15. The molecule has 0 radical (unpaired) electrons. The molecule has 0 aromatic heterocycles. The van der Waals surface area contributed by atoms with Crippen molar-refractivity contribution in [2.75, 3.05) is 0 Å². The Morgan fingerprint density at radius 1 is 1.08 bits per heavy atom. The van der Waals surface area contributed by atoms with E-state index >= 15 is 0 Å². The third-order valence-electron chi connectivity index (χ3n) is 4.25. The Labute approximate surface area is 149 Å². The molecule has 1 saturated carbocycles. The molecule has 0 N–H and O–H groups in total. The van der Waals surface area contributed by atoms with Gasteiger partial charge in [-0.25, -0.2) is 8.42 Å². The fourth-order valence-corrected chi connectivity index (χ4v) is 5.60. The summed E-state index contributed by atoms with van der Waals surface area (Å²) in [6.45, 7) is 0. The minimum Gasteiger partial charge on any atom is -0.302 e. The molecule has 7 heteroatoms. The Kier molecular flexibility index (Phi) is 4.16. The number of hydrogen-bond donors (Lipinski definition) is 0. The molecule has 1 aliphatic carbocycles. The number of sulfone groups is 1. The van der Waals surface area contributed by atoms with Gasteiger partial charge in [0, 0.05) is 16.0 Å². The zero-order valence-corrected chi connectivity index (χ0v) is 14.5. The standard InChI is InChI=1S/C17H11Cl2NO3S/c18-12-4-6-14(7-5-12)24(22,23)16-15(17(16,9-20)10-21)11-2-1-3-13(19)8-11/h1-8,10,15-16H/t15-,16-,17+/m0/s1. The van der Waals surface area contributed by atoms with Crippen LogP contribution in [0.2, 0.25) is 10.0 Å². The molecule has 24 heavy (non-hydrogen) atoms. The second kappa shape index (κ2) is 5.89. The second-order valence-electron chi connectivity index (χ2n) is 5.61. The zero-order chi connectivity index (χ0) is 17.5. The lowest BCUT2D eigenvalue weighted by atomic mass is 10.0. The average molecular weight is 380 g/mol. The largest absolute Gasteiger partial charge is 0.302 e. The maximum atomic E-state index is 12.9. The number of carbonyl (C=O) groups is 1. The molecule has 0 spiro atoms. The summed E-state index contributed by atoms with van der Waals surface area (Å²) >= 11 is 11.7. The topological polar surface area (TPSA) is 75.0 Å². The van der Waals surface area contributed by atoms with Crippen molar-refractivity contribution in [1.82, 2.24) is 0 Å². The summed E-state index contributed by atoms with van der Waals surface area (Å²) in [7, 11) is -3.88. The number of aldehydes is 1. The molecule has 122 valence electrons. The molecule has 0 unspecified atom stereocenters. The highest BCUT2D eigenvalue weighted by molar-refractivity contribution is 7.92. The Hall–Kier alpha value is -1.87. The first-order valence-corrected chi connectivity index (χ1v) is 9.29. The summed E-state index contributed by atoms with van der Waals surface area (Å²) in [6.07, 6.45) is 0.427. The maximum absolute atomic E-state index is 12.9. The fraction of sp³-hybridized carbons (Fsp3) is 0.176. The van der Waals surface area contributed by atoms with Gasteiger partial charge in [-0.1, -0.05) is 35.3 Å². The normalized spacial score (nSPS) is 25.7. The van der Waals surface area contributed by atoms with Crippen molar-refractivity contribution in [1.29, 1.82) is 5.26 Å². The van der Waals surface area contributed by atoms with Crippen LogP contribution in [0.4, 0.5) is 0 Å². The van der Waals surface area contributed by atoms with Gasteiger partial charge in [0.05, 0.1) is 11.0 Å². The Bertz CT molecular complexity index is 951. The van der Waals surface area contributed by atoms with E-state index in [1.54, 1.807) is 24.3 Å². The second-order valence-corrected chi connectivity index (χ2v) is 8.56. The molecule has 0 heterocycles. The number of carbonyl (C=O) groups excluding carboxylic acids is 1. The van der Waals surface area contributed by atoms with Crippen LogP contribution in [0.15, 0.2) is 53.4 Å². The summed E-state index contributed by atoms with van der Waals surface area (Å²) in [5.41, 5.74) is -1.05. The lowest BCUT2D eigenvalue weighted by Crippen LogP contribution is -2.16. The van der Waals surface area contributed by atoms with Crippen LogP contribution >= 0.6 is 23.2 Å². The molecule has 2 aromatic rings. The van der Waals surface area contributed by atoms with E-state index in [0.29, 0.717) is 21.9 Å². The quantitative estimate of drug-likeness (QED) is 0.759. The van der Waals surface area contributed by atoms with E-state index in [0.717, 1.165) is 0 Å². The van der Waals surface area contributed by atoms with Crippen LogP contribution in [-0.2, 0) is 14.6 Å². The lowest BCUT2D eigenvalue weighted by molar-refractivity contribution is -0.110. The van der Waals surface area contributed by atoms with Gasteiger partial charge in [0.15, 0.2) is 9.84 Å². The monoisotopic (exact) mass is 379 g/mol. The average Bonchev–Trinajstić information content (AvgIpc) is 3.26. The molecule has 0 bridgehead atoms. The minimum absolute atomic E-state index is 0.0305. The van der Waals surface area contributed by atoms with Crippen LogP contribution in [-0.4, -0.2) is 20.0 Å². The highest BCUT2D eigenvalue weighted by atomic mass is 35.5. The van der Waals surface area contributed by atoms with Gasteiger partial charge in [-0.05, 0) is 42.0 Å². The van der Waals surface area contributed by atoms with E-state index in [1.807, 2.05) is 6.07 Å². The van der Waals surface area contributed by atoms with Crippen LogP contribution in [0.3, 0.4) is 0 Å². The van der Waals surface area contributed by atoms with Crippen LogP contribution in [0.5, 0.6) is 0 Å². The van der Waals surface area contributed by atoms with Crippen molar-refractivity contribution in [3.05, 3.63) is 64.1 Å². The highest BCUT2D eigenvalue weighted by Gasteiger charge is 2.72. The predicted octanol–water partition coefficient (Wildman–Crippen LogP) is 3.64. The molecule has 0 amide bonds. The summed E-state index contributed by atoms with van der Waals surface area (Å²) in [5.74, 6) is -0.751. The van der Waals surface area contributed by atoms with Crippen molar-refractivity contribution in [3.8, 4) is 6.07 Å². The smallest absolute Gasteiger partial charge is 0.183 e. The first-order chi connectivity index (χ1) is 11.4. The van der Waals surface area contributed by atoms with Crippen LogP contribution in [0.1, 0.15) is 11.5 Å². The molecule has 1 fully saturated rings. The molecular formula is C17H11Cl2NO3S. The third-order valence-corrected chi connectivity index (χ3v) is 7.00. The lowest BCUT2D eigenvalue weighted by Gasteiger charge is -2.04. The molecule has 3 atom stereocenters. The fourth-order valence-electron chi connectivity index (χ4n) is 3.03. The number of hydrogen-bond acceptors (Lipinski definition) is 4. The van der Waals surface area contributed by atoms with Gasteiger partial charge in [-0.2, -0.15) is 5.26 Å². The van der Waals surface area contributed by atoms with Gasteiger partial charge in [-0.15, -0.1) is 0 Å². The van der Waals surface area contributed by atoms with E-state index in [1.165, 1.54) is 24.3 Å². The number of rotatable bonds is 4. The number of halogens is 2. The highest BCUT2D eigenvalue weighted by Crippen LogP contribution is 2.62. The Morgan fingerprint density at radius 3 is 2.29 bits per heavy atom. The van der Waals surface area contributed by atoms with Crippen LogP contribution in [0, 0.1) is 16.7 Å². The molecular weight excluding hydrogens is 369 g/mol. The summed E-state index contributed by atoms with van der Waals surface area (Å²) in [6, 6.07) is 14.1. The van der Waals surface area contributed by atoms with E-state index in [2.05, 4.69) is 0 Å². The third kappa shape index (κ3) is 2.51. The molecule has 3 rings (SSSR count). The molecule has 4 nitrogen and oxygen atoms in total. The van der Waals surface area contributed by atoms with E-state index in [9.17, 15) is 18.5 Å². The number of nitrogens with zero attached hydrogens (tertiary/aromatic N) is 1. The minimum atomic E-state index is -3.88. The zero-order valence-electron chi connectivity index (χ0n) is 12.2. The SMILES string of the molecule is N#C[C@@]1(C=O)[C@@H](c2cccc(Cl)c2)[C@@H]1S(=O)(=O)c1ccc(Cl)cc1. The summed E-state index contributed by atoms with van der Waals surface area (Å²) in [4.78, 5) is 11.6. The molecule has 2 aromatic carbocycles. The van der Waals surface area contributed by atoms with Crippen molar-refractivity contribution in [2.24, 2.45) is 5.41 Å². The van der Waals surface area contributed by atoms with Gasteiger partial charge in [0.25, 0.3) is 0 Å². The van der Waals surface area contributed by atoms with Gasteiger partial charge >= 0.3 is 0 Å². The number of nitriles is 1. The molecule has 0 saturated heterocycles. The van der Waals surface area contributed by atoms with E-state index in [-0.39, 0.29) is 4.90 Å². The van der Waals surface area contributed by atoms with Gasteiger partial charge < -0.3 is 4.79 Å². The van der Waals surface area contributed by atoms with Crippen molar-refractivity contribution in [2.45, 2.75) is 16.1 Å². The predicted molar refractivity (Wildman–Crippen MR) is 90.7 cm³/mol. The first kappa shape index (κ1) is 17.0. The van der Waals surface area contributed by atoms with Crippen molar-refractivity contribution < 1.29 is 13.2 Å². The van der Waals surface area contributed by atoms with E-state index in [4.69, 9.17) is 23.2 Å². The van der Waals surface area contributed by atoms with Gasteiger partial charge in [0.2, 0.25) is 0 Å². The summed E-state index contributed by atoms with van der Waals surface area (Å²) < 4.78 is 25.8. The van der Waals surface area contributed by atoms with Crippen molar-refractivity contribution in [3.63, 3.8) is 0 Å². The Balaban J connectivity index is 2.10. The molecule has 1 aliphatic rings.